The van der Waals surface area contributed by atoms with Crippen LogP contribution >= 0.6 is 0 Å². The summed E-state index contributed by atoms with van der Waals surface area (Å²) >= 11 is 0. The summed E-state index contributed by atoms with van der Waals surface area (Å²) in [6.07, 6.45) is -7.95. The molecule has 18 atom stereocenters. The van der Waals surface area contributed by atoms with Gasteiger partial charge < -0.3 is 58.6 Å². The summed E-state index contributed by atoms with van der Waals surface area (Å²) in [7, 11) is 6.72. The minimum absolute atomic E-state index is 0.00499. The Balaban J connectivity index is 1.92. The van der Waals surface area contributed by atoms with Crippen LogP contribution in [0.25, 0.3) is 0 Å². The van der Waals surface area contributed by atoms with Gasteiger partial charge in [-0.15, -0.1) is 0 Å². The van der Waals surface area contributed by atoms with E-state index in [1.807, 2.05) is 53.6 Å². The van der Waals surface area contributed by atoms with Crippen molar-refractivity contribution in [1.29, 1.82) is 0 Å². The summed E-state index contributed by atoms with van der Waals surface area (Å²) in [5.41, 5.74) is -5.04. The van der Waals surface area contributed by atoms with Crippen molar-refractivity contribution in [1.82, 2.24) is 4.90 Å². The number of non-ortho nitro benzene ring substituents is 1. The molecule has 0 unspecified atom stereocenters. The second-order valence-corrected chi connectivity index (χ2v) is 19.8. The number of ether oxygens (including phenoxy) is 6. The minimum atomic E-state index is -1.87. The quantitative estimate of drug-likeness (QED) is 0.151. The Hall–Kier alpha value is -3.28. The standard InChI is InChI=1S/C46H76N4O16/c1-15-31-19-35(51)26(4)39(65-36-22-44(8,60-13)41(54)29(7)64-36)28(6)42(66-43-38(52)34(48(11)12)18-25(3)63-43)45(9,61-14)21-24(2)37(27(5)40(53)46(31,10)55)47-62-23-30-16-17-32(49(56)57)20-33(30)50(58)59/h16-17,20,24-29,31,34,36,38-43,52-55H,15,18-19,21-23H2,1-14H3/b47-37+/t24-,25-,26+,27+,28+,29+,31+,34+,36+,38-,39-,40-,41+,42-,43+,44-,45-,46-/m1/s1. The Morgan fingerprint density at radius 2 is 1.53 bits per heavy atom. The number of carbonyl (C=O) groups is 1. The normalized spacial score (nSPS) is 41.7. The van der Waals surface area contributed by atoms with Crippen LogP contribution < -0.4 is 0 Å². The van der Waals surface area contributed by atoms with E-state index in [1.165, 1.54) is 27.2 Å². The van der Waals surface area contributed by atoms with E-state index in [9.17, 15) is 45.4 Å². The van der Waals surface area contributed by atoms with E-state index in [0.29, 0.717) is 12.8 Å². The maximum absolute atomic E-state index is 14.7. The van der Waals surface area contributed by atoms with Crippen molar-refractivity contribution in [3.63, 3.8) is 0 Å². The molecule has 2 saturated heterocycles. The molecule has 0 spiro atoms. The molecule has 4 N–H and O–H groups in total. The van der Waals surface area contributed by atoms with Crippen molar-refractivity contribution in [2.24, 2.45) is 34.7 Å². The first-order chi connectivity index (χ1) is 30.7. The number of nitro groups is 2. The smallest absolute Gasteiger partial charge is 0.283 e. The predicted molar refractivity (Wildman–Crippen MR) is 241 cm³/mol. The highest BCUT2D eigenvalue weighted by molar-refractivity contribution is 5.89. The number of rotatable bonds is 13. The Morgan fingerprint density at radius 1 is 0.894 bits per heavy atom. The first-order valence-electron chi connectivity index (χ1n) is 23.0. The highest BCUT2D eigenvalue weighted by Gasteiger charge is 2.53. The summed E-state index contributed by atoms with van der Waals surface area (Å²) in [6.45, 7) is 17.1. The highest BCUT2D eigenvalue weighted by Crippen LogP contribution is 2.43. The summed E-state index contributed by atoms with van der Waals surface area (Å²) in [6, 6.07) is 2.83. The minimum Gasteiger partial charge on any atom is -0.391 e. The first-order valence-corrected chi connectivity index (χ1v) is 23.0. The molecule has 0 bridgehead atoms. The van der Waals surface area contributed by atoms with Crippen molar-refractivity contribution in [3.8, 4) is 0 Å². The lowest BCUT2D eigenvalue weighted by atomic mass is 9.69. The fraction of sp³-hybridized carbons (Fsp3) is 0.826. The number of nitrogens with zero attached hydrogens (tertiary/aromatic N) is 4. The number of aliphatic hydroxyl groups is 4. The molecule has 0 aromatic heterocycles. The monoisotopic (exact) mass is 941 g/mol. The van der Waals surface area contributed by atoms with Crippen molar-refractivity contribution in [3.05, 3.63) is 44.0 Å². The van der Waals surface area contributed by atoms with E-state index in [0.717, 1.165) is 12.1 Å². The molecule has 66 heavy (non-hydrogen) atoms. The van der Waals surface area contributed by atoms with Crippen molar-refractivity contribution < 1.29 is 68.3 Å². The average Bonchev–Trinajstić information content (AvgIpc) is 3.26. The molecular formula is C46H76N4O16. The number of aliphatic hydroxyl groups excluding tert-OH is 3. The summed E-state index contributed by atoms with van der Waals surface area (Å²) in [5, 5.41) is 75.2. The van der Waals surface area contributed by atoms with E-state index in [-0.39, 0.29) is 48.5 Å². The van der Waals surface area contributed by atoms with E-state index in [1.54, 1.807) is 27.7 Å². The van der Waals surface area contributed by atoms with E-state index in [4.69, 9.17) is 33.3 Å². The number of methoxy groups -OCH3 is 2. The number of Topliss-reactive ketones (excluding diaryl/α,β-unsaturated/α-hetero) is 1. The van der Waals surface area contributed by atoms with Gasteiger partial charge in [-0.2, -0.15) is 0 Å². The molecule has 0 radical (unpaired) electrons. The van der Waals surface area contributed by atoms with Crippen LogP contribution in [0, 0.1) is 49.8 Å². The molecule has 1 aromatic carbocycles. The second kappa shape index (κ2) is 22.4. The molecular weight excluding hydrogens is 865 g/mol. The zero-order chi connectivity index (χ0) is 49.8. The molecule has 20 nitrogen and oxygen atoms in total. The summed E-state index contributed by atoms with van der Waals surface area (Å²) < 4.78 is 38.7. The van der Waals surface area contributed by atoms with E-state index >= 15 is 0 Å². The largest absolute Gasteiger partial charge is 0.391 e. The molecule has 4 rings (SSSR count). The number of benzene rings is 1. The van der Waals surface area contributed by atoms with E-state index in [2.05, 4.69) is 5.16 Å². The van der Waals surface area contributed by atoms with Gasteiger partial charge in [0, 0.05) is 62.8 Å². The molecule has 3 aliphatic rings. The molecule has 2 aliphatic heterocycles. The summed E-state index contributed by atoms with van der Waals surface area (Å²) in [5.74, 6) is -4.25. The highest BCUT2D eigenvalue weighted by atomic mass is 16.7. The van der Waals surface area contributed by atoms with Crippen LogP contribution in [-0.4, -0.2) is 153 Å². The van der Waals surface area contributed by atoms with Gasteiger partial charge in [0.15, 0.2) is 12.6 Å². The Morgan fingerprint density at radius 3 is 2.09 bits per heavy atom. The lowest BCUT2D eigenvalue weighted by molar-refractivity contribution is -0.394. The predicted octanol–water partition coefficient (Wildman–Crippen LogP) is 4.92. The number of carbonyl (C=O) groups excluding carboxylic acids is 1. The van der Waals surface area contributed by atoms with Gasteiger partial charge in [0.2, 0.25) is 0 Å². The van der Waals surface area contributed by atoms with Crippen LogP contribution in [0.15, 0.2) is 23.4 Å². The topological polar surface area (TPSA) is 264 Å². The number of nitro benzene ring substituents is 2. The maximum Gasteiger partial charge on any atom is 0.283 e. The average molecular weight is 941 g/mol. The number of ketones is 1. The Labute approximate surface area is 388 Å². The zero-order valence-electron chi connectivity index (χ0n) is 41.1. The van der Waals surface area contributed by atoms with Gasteiger partial charge in [0.1, 0.15) is 24.6 Å². The third kappa shape index (κ3) is 12.1. The van der Waals surface area contributed by atoms with Crippen LogP contribution in [0.3, 0.4) is 0 Å². The fourth-order valence-electron chi connectivity index (χ4n) is 10.3. The van der Waals surface area contributed by atoms with Gasteiger partial charge in [-0.05, 0) is 73.5 Å². The number of likely N-dealkylation sites (N-methyl/N-ethyl adjacent to an activating group) is 1. The Kier molecular flexibility index (Phi) is 18.8. The molecule has 1 aliphatic carbocycles. The number of hydrogen-bond acceptors (Lipinski definition) is 18. The molecule has 2 heterocycles. The van der Waals surface area contributed by atoms with Crippen molar-refractivity contribution in [2.75, 3.05) is 28.3 Å². The van der Waals surface area contributed by atoms with Gasteiger partial charge in [-0.1, -0.05) is 46.2 Å². The number of hydrogen-bond donors (Lipinski definition) is 4. The number of oxime groups is 1. The van der Waals surface area contributed by atoms with Gasteiger partial charge >= 0.3 is 0 Å². The van der Waals surface area contributed by atoms with E-state index < -0.39 is 123 Å². The van der Waals surface area contributed by atoms with Crippen LogP contribution in [-0.2, 0) is 44.7 Å². The van der Waals surface area contributed by atoms with Crippen LogP contribution in [0.1, 0.15) is 107 Å². The molecule has 20 heteroatoms. The third-order valence-corrected chi connectivity index (χ3v) is 14.8. The van der Waals surface area contributed by atoms with Gasteiger partial charge in [0.05, 0.1) is 74.5 Å². The van der Waals surface area contributed by atoms with Crippen molar-refractivity contribution in [2.45, 2.75) is 186 Å². The van der Waals surface area contributed by atoms with Crippen LogP contribution in [0.4, 0.5) is 11.4 Å². The van der Waals surface area contributed by atoms with Crippen molar-refractivity contribution >= 4 is 22.9 Å². The lowest BCUT2D eigenvalue weighted by Crippen LogP contribution is -2.61. The van der Waals surface area contributed by atoms with Crippen LogP contribution in [0.2, 0.25) is 0 Å². The van der Waals surface area contributed by atoms with Gasteiger partial charge in [-0.3, -0.25) is 25.0 Å². The zero-order valence-corrected chi connectivity index (χ0v) is 41.1. The van der Waals surface area contributed by atoms with Gasteiger partial charge in [-0.25, -0.2) is 0 Å². The first kappa shape index (κ1) is 55.3. The molecule has 0 amide bonds. The molecule has 3 fully saturated rings. The van der Waals surface area contributed by atoms with Gasteiger partial charge in [0.25, 0.3) is 11.4 Å². The van der Waals surface area contributed by atoms with Crippen LogP contribution in [0.5, 0.6) is 0 Å². The maximum atomic E-state index is 14.7. The second-order valence-electron chi connectivity index (χ2n) is 19.8. The molecule has 1 aromatic rings. The summed E-state index contributed by atoms with van der Waals surface area (Å²) in [4.78, 5) is 44.4. The third-order valence-electron chi connectivity index (χ3n) is 14.8. The Bertz CT molecular complexity index is 1850. The molecule has 1 saturated carbocycles. The SMILES string of the molecule is CC[C@H]1CC(=O)[C@H](C)[C@@H](O[C@H]2C[C@@](C)(OC)[C@@H](O)[C@H](C)O2)[C@H](C)[C@@H](O[C@@H]2O[C@H](C)C[C@H](N(C)C)[C@H]2O)[C@](C)(OC)C[C@@H](C)/C(=N\OCc2ccc([N+](=O)[O-])cc2[N+](=O)[O-])[C@H](C)[C@@H](O)[C@]1(C)O. The fourth-order valence-corrected chi connectivity index (χ4v) is 10.3. The molecule has 376 valence electrons. The lowest BCUT2D eigenvalue weighted by Gasteiger charge is -2.50.